The monoisotopic (exact) mass is 1350 g/mol. The minimum Gasteiger partial charge on any atom is -0.0843 e. The molecule has 0 aromatic heterocycles. The highest BCUT2D eigenvalue weighted by molar-refractivity contribution is 6.30. The number of hydrogen-bond acceptors (Lipinski definition) is 0. The predicted octanol–water partition coefficient (Wildman–Crippen LogP) is 30.8. The van der Waals surface area contributed by atoms with Crippen molar-refractivity contribution in [1.82, 2.24) is 0 Å². The molecule has 520 valence electrons. The molecular weight excluding hydrogens is 1240 g/mol. The van der Waals surface area contributed by atoms with Crippen LogP contribution in [-0.4, -0.2) is 0 Å². The van der Waals surface area contributed by atoms with E-state index in [4.69, 9.17) is 11.6 Å². The van der Waals surface area contributed by atoms with Crippen molar-refractivity contribution in [2.24, 2.45) is 0 Å². The molecule has 14 rings (SSSR count). The zero-order chi connectivity index (χ0) is 69.7. The lowest BCUT2D eigenvalue weighted by molar-refractivity contribution is 0.398. The summed E-state index contributed by atoms with van der Waals surface area (Å²) in [4.78, 5) is 0. The number of halogens is 1. The molecule has 0 saturated heterocycles. The molecule has 1 heteroatoms. The molecule has 0 saturated carbocycles. The van der Waals surface area contributed by atoms with Crippen molar-refractivity contribution < 1.29 is 0 Å². The molecule has 4 aliphatic carbocycles. The lowest BCUT2D eigenvalue weighted by Crippen LogP contribution is -2.25. The van der Waals surface area contributed by atoms with Gasteiger partial charge in [0.15, 0.2) is 0 Å². The van der Waals surface area contributed by atoms with Crippen LogP contribution < -0.4 is 0 Å². The normalized spacial score (nSPS) is 14.8. The fourth-order valence-corrected chi connectivity index (χ4v) is 19.5. The highest BCUT2D eigenvalue weighted by Gasteiger charge is 2.45. The van der Waals surface area contributed by atoms with Crippen molar-refractivity contribution in [3.05, 3.63) is 250 Å². The average Bonchev–Trinajstić information content (AvgIpc) is 1.57. The van der Waals surface area contributed by atoms with Gasteiger partial charge in [-0.25, -0.2) is 0 Å². The van der Waals surface area contributed by atoms with Gasteiger partial charge in [0.2, 0.25) is 0 Å². The summed E-state index contributed by atoms with van der Waals surface area (Å²) in [5, 5.41) is 0.770. The smallest absolute Gasteiger partial charge is 0.0406 e. The Bertz CT molecular complexity index is 4510. The molecule has 0 amide bonds. The van der Waals surface area contributed by atoms with Crippen LogP contribution in [0.5, 0.6) is 0 Å². The van der Waals surface area contributed by atoms with Crippen molar-refractivity contribution in [3.63, 3.8) is 0 Å². The third kappa shape index (κ3) is 13.8. The quantitative estimate of drug-likeness (QED) is 0.0360. The van der Waals surface area contributed by atoms with Crippen LogP contribution in [0.2, 0.25) is 5.02 Å². The second-order valence-electron chi connectivity index (χ2n) is 32.4. The van der Waals surface area contributed by atoms with Gasteiger partial charge in [0.25, 0.3) is 0 Å². The van der Waals surface area contributed by atoms with E-state index < -0.39 is 0 Å². The minimum atomic E-state index is -0.155. The molecule has 0 unspecified atom stereocenters. The Hall–Kier alpha value is -7.51. The van der Waals surface area contributed by atoms with E-state index in [9.17, 15) is 0 Å². The highest BCUT2D eigenvalue weighted by atomic mass is 35.5. The first-order chi connectivity index (χ1) is 49.3. The van der Waals surface area contributed by atoms with Crippen LogP contribution in [0.25, 0.3) is 100 Å². The van der Waals surface area contributed by atoms with Crippen molar-refractivity contribution >= 4 is 11.6 Å². The Balaban J connectivity index is 0.750. The number of unbranched alkanes of at least 4 members (excludes halogenated alkanes) is 20. The Morgan fingerprint density at radius 1 is 0.208 bits per heavy atom. The summed E-state index contributed by atoms with van der Waals surface area (Å²) in [6.07, 6.45) is 36.5. The lowest BCUT2D eigenvalue weighted by Gasteiger charge is -2.33. The topological polar surface area (TPSA) is 0 Å². The van der Waals surface area contributed by atoms with Gasteiger partial charge in [0, 0.05) is 26.7 Å². The van der Waals surface area contributed by atoms with Crippen molar-refractivity contribution in [2.45, 2.75) is 257 Å². The summed E-state index contributed by atoms with van der Waals surface area (Å²) in [6, 6.07) is 79.4. The zero-order valence-corrected chi connectivity index (χ0v) is 63.5. The molecule has 10 aromatic rings. The molecule has 0 atom stereocenters. The molecule has 101 heavy (non-hydrogen) atoms. The van der Waals surface area contributed by atoms with E-state index in [2.05, 4.69) is 243 Å². The minimum absolute atomic E-state index is 0.0631. The summed E-state index contributed by atoms with van der Waals surface area (Å²) in [5.41, 5.74) is 35.9. The molecule has 0 N–H and O–H groups in total. The summed E-state index contributed by atoms with van der Waals surface area (Å²) in [7, 11) is 0. The maximum absolute atomic E-state index is 6.35. The predicted molar refractivity (Wildman–Crippen MR) is 438 cm³/mol. The van der Waals surface area contributed by atoms with Crippen LogP contribution in [0.3, 0.4) is 0 Å². The van der Waals surface area contributed by atoms with Crippen LogP contribution >= 0.6 is 11.6 Å². The number of benzene rings is 10. The molecule has 0 bridgehead atoms. The van der Waals surface area contributed by atoms with Crippen LogP contribution in [-0.2, 0) is 21.7 Å². The Labute approximate surface area is 614 Å². The van der Waals surface area contributed by atoms with Crippen LogP contribution in [0.4, 0.5) is 0 Å². The first-order valence-corrected chi connectivity index (χ1v) is 40.7. The fraction of sp³-hybridized carbons (Fsp3) is 0.400. The molecular formula is C100H113Cl. The van der Waals surface area contributed by atoms with Crippen LogP contribution in [0, 0.1) is 0 Å². The molecule has 0 radical (unpaired) electrons. The molecule has 10 aromatic carbocycles. The standard InChI is InChI=1S/C100H113Cl/c1-9-13-17-21-25-31-59-99(60-32-26-22-18-14-10-2)89-36-30-29-35-81(89)86-57-48-78(68-94(86)99)76-46-54-84-82-52-43-73(63-90(82)97(5,6)92(84)65-76)70-37-39-71(40-38-70)75-45-56-87-88-58-49-79(69-96(88)100(95(87)67-75,61-33-27-23-19-15-11-3)62-34-28-24-20-16-12-4)77-47-55-85-83-53-44-74(72-41-50-80(101)51-42-72)64-91(83)98(7,8)93(85)66-77/h29-30,35-58,63-69H,9-28,31-34,59-62H2,1-8H3. The summed E-state index contributed by atoms with van der Waals surface area (Å²) in [6.45, 7) is 19.1. The lowest BCUT2D eigenvalue weighted by atomic mass is 9.70. The Morgan fingerprint density at radius 2 is 0.416 bits per heavy atom. The zero-order valence-electron chi connectivity index (χ0n) is 62.7. The maximum atomic E-state index is 6.35. The maximum Gasteiger partial charge on any atom is 0.0406 e. The van der Waals surface area contributed by atoms with E-state index in [0.29, 0.717) is 0 Å². The first-order valence-electron chi connectivity index (χ1n) is 40.3. The Kier molecular flexibility index (Phi) is 21.5. The first kappa shape index (κ1) is 70.5. The number of rotatable bonds is 33. The summed E-state index contributed by atoms with van der Waals surface area (Å²) in [5.74, 6) is 0. The van der Waals surface area contributed by atoms with E-state index in [1.165, 1.54) is 302 Å². The van der Waals surface area contributed by atoms with Crippen LogP contribution in [0.15, 0.2) is 200 Å². The third-order valence-electron chi connectivity index (χ3n) is 25.2. The summed E-state index contributed by atoms with van der Waals surface area (Å²) >= 11 is 6.35. The molecule has 0 aliphatic heterocycles. The third-order valence-corrected chi connectivity index (χ3v) is 25.5. The second kappa shape index (κ2) is 30.8. The van der Waals surface area contributed by atoms with E-state index >= 15 is 0 Å². The van der Waals surface area contributed by atoms with Gasteiger partial charge in [0.1, 0.15) is 0 Å². The number of fused-ring (bicyclic) bond motifs is 12. The van der Waals surface area contributed by atoms with E-state index in [-0.39, 0.29) is 21.7 Å². The highest BCUT2D eigenvalue weighted by Crippen LogP contribution is 2.59. The largest absolute Gasteiger partial charge is 0.0843 e. The van der Waals surface area contributed by atoms with E-state index in [1.54, 1.807) is 22.3 Å². The second-order valence-corrected chi connectivity index (χ2v) is 32.9. The molecule has 0 heterocycles. The van der Waals surface area contributed by atoms with Gasteiger partial charge in [0.05, 0.1) is 0 Å². The van der Waals surface area contributed by atoms with Gasteiger partial charge in [-0.1, -0.05) is 367 Å². The van der Waals surface area contributed by atoms with Crippen molar-refractivity contribution in [3.8, 4) is 100 Å². The average molecular weight is 1350 g/mol. The molecule has 0 spiro atoms. The Morgan fingerprint density at radius 3 is 0.713 bits per heavy atom. The van der Waals surface area contributed by atoms with Gasteiger partial charge in [-0.2, -0.15) is 0 Å². The van der Waals surface area contributed by atoms with E-state index in [1.807, 2.05) is 12.1 Å². The summed E-state index contributed by atoms with van der Waals surface area (Å²) < 4.78 is 0. The van der Waals surface area contributed by atoms with Crippen molar-refractivity contribution in [1.29, 1.82) is 0 Å². The van der Waals surface area contributed by atoms with Gasteiger partial charge in [-0.3, -0.25) is 0 Å². The van der Waals surface area contributed by atoms with Gasteiger partial charge in [-0.05, 0) is 225 Å². The fourth-order valence-electron chi connectivity index (χ4n) is 19.3. The molecule has 0 fully saturated rings. The van der Waals surface area contributed by atoms with E-state index in [0.717, 1.165) is 5.02 Å². The molecule has 0 nitrogen and oxygen atoms in total. The molecule has 4 aliphatic rings. The van der Waals surface area contributed by atoms with Gasteiger partial charge in [-0.15, -0.1) is 0 Å². The van der Waals surface area contributed by atoms with Gasteiger partial charge < -0.3 is 0 Å². The van der Waals surface area contributed by atoms with Crippen molar-refractivity contribution in [2.75, 3.05) is 0 Å². The van der Waals surface area contributed by atoms with Crippen LogP contribution in [0.1, 0.15) is 280 Å². The van der Waals surface area contributed by atoms with Gasteiger partial charge >= 0.3 is 0 Å². The SMILES string of the molecule is CCCCCCCCC1(CCCCCCCC)c2ccccc2-c2ccc(-c3ccc4c(c3)C(C)(C)c3cc(-c5ccc(-c6ccc7c(c6)C(CCCCCCCC)(CCCCCCCC)c6cc(-c8ccc9c(c8)C(C)(C)c8cc(-c%10ccc(Cl)cc%10)ccc8-9)ccc6-7)cc5)ccc3-4)cc21. The number of hydrogen-bond donors (Lipinski definition) is 0.